The summed E-state index contributed by atoms with van der Waals surface area (Å²) in [6, 6.07) is 12.2. The maximum absolute atomic E-state index is 12.6. The van der Waals surface area contributed by atoms with Gasteiger partial charge in [-0.25, -0.2) is 0 Å². The highest BCUT2D eigenvalue weighted by Crippen LogP contribution is 2.30. The summed E-state index contributed by atoms with van der Waals surface area (Å²) in [7, 11) is 0. The number of aliphatic hydroxyl groups excluding tert-OH is 1. The molecule has 1 aromatic heterocycles. The second-order valence-electron chi connectivity index (χ2n) is 6.00. The SMILES string of the molecule is Cc1ccccc1Cc1nnn(CC(O)c2ccc(C(F)(F)F)cc2)n1. The molecule has 1 heterocycles. The Morgan fingerprint density at radius 1 is 1.08 bits per heavy atom. The molecule has 0 aliphatic carbocycles. The van der Waals surface area contributed by atoms with Crippen molar-refractivity contribution in [3.05, 3.63) is 76.6 Å². The van der Waals surface area contributed by atoms with Gasteiger partial charge in [0.2, 0.25) is 0 Å². The van der Waals surface area contributed by atoms with Crippen LogP contribution in [0.15, 0.2) is 48.5 Å². The molecule has 0 radical (unpaired) electrons. The summed E-state index contributed by atoms with van der Waals surface area (Å²) in [6.45, 7) is 2.00. The fourth-order valence-corrected chi connectivity index (χ4v) is 2.56. The first kappa shape index (κ1) is 18.1. The number of aliphatic hydroxyl groups is 1. The van der Waals surface area contributed by atoms with Crippen molar-refractivity contribution in [2.75, 3.05) is 0 Å². The summed E-state index contributed by atoms with van der Waals surface area (Å²) in [4.78, 5) is 1.25. The van der Waals surface area contributed by atoms with Gasteiger partial charge in [-0.3, -0.25) is 0 Å². The largest absolute Gasteiger partial charge is 0.416 e. The molecule has 3 aromatic rings. The molecule has 1 atom stereocenters. The van der Waals surface area contributed by atoms with Crippen LogP contribution in [0, 0.1) is 6.92 Å². The van der Waals surface area contributed by atoms with Gasteiger partial charge in [0.15, 0.2) is 5.82 Å². The molecule has 0 aliphatic rings. The molecule has 0 amide bonds. The van der Waals surface area contributed by atoms with Gasteiger partial charge in [0.1, 0.15) is 6.10 Å². The minimum Gasteiger partial charge on any atom is -0.386 e. The number of aromatic nitrogens is 4. The summed E-state index contributed by atoms with van der Waals surface area (Å²) in [6.07, 6.45) is -4.91. The molecule has 8 heteroatoms. The van der Waals surface area contributed by atoms with Crippen molar-refractivity contribution in [2.24, 2.45) is 0 Å². The van der Waals surface area contributed by atoms with Crippen LogP contribution in [0.4, 0.5) is 13.2 Å². The van der Waals surface area contributed by atoms with Crippen molar-refractivity contribution in [3.63, 3.8) is 0 Å². The standard InChI is InChI=1S/C18H17F3N4O/c1-12-4-2-3-5-14(12)10-17-22-24-25(23-17)11-16(26)13-6-8-15(9-7-13)18(19,20)21/h2-9,16,26H,10-11H2,1H3. The summed E-state index contributed by atoms with van der Waals surface area (Å²) >= 11 is 0. The number of tetrazole rings is 1. The summed E-state index contributed by atoms with van der Waals surface area (Å²) in [5.74, 6) is 0.513. The molecule has 26 heavy (non-hydrogen) atoms. The molecule has 3 rings (SSSR count). The molecule has 0 saturated carbocycles. The average Bonchev–Trinajstić information content (AvgIpc) is 3.03. The second kappa shape index (κ2) is 7.25. The fraction of sp³-hybridized carbons (Fsp3) is 0.278. The Kier molecular flexibility index (Phi) is 5.03. The molecule has 0 saturated heterocycles. The van der Waals surface area contributed by atoms with Crippen LogP contribution in [-0.2, 0) is 19.1 Å². The summed E-state index contributed by atoms with van der Waals surface area (Å²) in [5, 5.41) is 22.3. The first-order valence-electron chi connectivity index (χ1n) is 7.99. The Bertz CT molecular complexity index is 875. The predicted octanol–water partition coefficient (Wildman–Crippen LogP) is 3.32. The normalized spacial score (nSPS) is 13.0. The number of rotatable bonds is 5. The Morgan fingerprint density at radius 2 is 1.77 bits per heavy atom. The molecule has 0 spiro atoms. The van der Waals surface area contributed by atoms with Crippen molar-refractivity contribution < 1.29 is 18.3 Å². The number of nitrogens with zero attached hydrogens (tertiary/aromatic N) is 4. The molecule has 1 unspecified atom stereocenters. The second-order valence-corrected chi connectivity index (χ2v) is 6.00. The van der Waals surface area contributed by atoms with Crippen LogP contribution in [-0.4, -0.2) is 25.3 Å². The first-order chi connectivity index (χ1) is 12.3. The zero-order valence-corrected chi connectivity index (χ0v) is 14.0. The lowest BCUT2D eigenvalue weighted by atomic mass is 10.1. The number of alkyl halides is 3. The molecule has 0 aliphatic heterocycles. The van der Waals surface area contributed by atoms with Crippen LogP contribution in [0.2, 0.25) is 0 Å². The van der Waals surface area contributed by atoms with Crippen LogP contribution in [0.25, 0.3) is 0 Å². The quantitative estimate of drug-likeness (QED) is 0.756. The smallest absolute Gasteiger partial charge is 0.386 e. The summed E-state index contributed by atoms with van der Waals surface area (Å²) in [5.41, 5.74) is 1.80. The highest BCUT2D eigenvalue weighted by atomic mass is 19.4. The maximum atomic E-state index is 12.6. The number of aryl methyl sites for hydroxylation is 1. The maximum Gasteiger partial charge on any atom is 0.416 e. The van der Waals surface area contributed by atoms with Gasteiger partial charge in [-0.2, -0.15) is 18.0 Å². The number of hydrogen-bond donors (Lipinski definition) is 1. The third-order valence-corrected chi connectivity index (χ3v) is 4.06. The number of halogens is 3. The topological polar surface area (TPSA) is 63.8 Å². The van der Waals surface area contributed by atoms with Crippen LogP contribution >= 0.6 is 0 Å². The van der Waals surface area contributed by atoms with E-state index in [1.54, 1.807) is 0 Å². The van der Waals surface area contributed by atoms with Crippen molar-refractivity contribution in [3.8, 4) is 0 Å². The van der Waals surface area contributed by atoms with Gasteiger partial charge in [0.25, 0.3) is 0 Å². The average molecular weight is 362 g/mol. The highest BCUT2D eigenvalue weighted by molar-refractivity contribution is 5.28. The van der Waals surface area contributed by atoms with E-state index < -0.39 is 17.8 Å². The first-order valence-corrected chi connectivity index (χ1v) is 7.99. The lowest BCUT2D eigenvalue weighted by molar-refractivity contribution is -0.137. The Balaban J connectivity index is 1.66. The summed E-state index contributed by atoms with van der Waals surface area (Å²) < 4.78 is 37.7. The lowest BCUT2D eigenvalue weighted by Crippen LogP contribution is -2.12. The predicted molar refractivity (Wildman–Crippen MR) is 88.2 cm³/mol. The lowest BCUT2D eigenvalue weighted by Gasteiger charge is -2.11. The van der Waals surface area contributed by atoms with Crippen LogP contribution in [0.3, 0.4) is 0 Å². The molecule has 2 aromatic carbocycles. The Labute approximate surface area is 148 Å². The third kappa shape index (κ3) is 4.26. The molecular formula is C18H17F3N4O. The van der Waals surface area contributed by atoms with Crippen molar-refractivity contribution >= 4 is 0 Å². The zero-order chi connectivity index (χ0) is 18.7. The molecule has 0 bridgehead atoms. The van der Waals surface area contributed by atoms with E-state index in [-0.39, 0.29) is 6.54 Å². The number of hydrogen-bond acceptors (Lipinski definition) is 4. The van der Waals surface area contributed by atoms with Crippen LogP contribution in [0.5, 0.6) is 0 Å². The Morgan fingerprint density at radius 3 is 2.42 bits per heavy atom. The van der Waals surface area contributed by atoms with Gasteiger partial charge >= 0.3 is 6.18 Å². The zero-order valence-electron chi connectivity index (χ0n) is 14.0. The van der Waals surface area contributed by atoms with Crippen molar-refractivity contribution in [1.29, 1.82) is 0 Å². The van der Waals surface area contributed by atoms with Crippen LogP contribution < -0.4 is 0 Å². The van der Waals surface area contributed by atoms with E-state index in [2.05, 4.69) is 15.4 Å². The molecule has 1 N–H and O–H groups in total. The van der Waals surface area contributed by atoms with E-state index in [1.165, 1.54) is 16.9 Å². The van der Waals surface area contributed by atoms with Crippen molar-refractivity contribution in [1.82, 2.24) is 20.2 Å². The van der Waals surface area contributed by atoms with E-state index in [1.807, 2.05) is 31.2 Å². The number of benzene rings is 2. The van der Waals surface area contributed by atoms with Gasteiger partial charge < -0.3 is 5.11 Å². The van der Waals surface area contributed by atoms with E-state index in [9.17, 15) is 18.3 Å². The molecule has 136 valence electrons. The monoisotopic (exact) mass is 362 g/mol. The Hall–Kier alpha value is -2.74. The third-order valence-electron chi connectivity index (χ3n) is 4.06. The van der Waals surface area contributed by atoms with E-state index in [0.29, 0.717) is 17.8 Å². The van der Waals surface area contributed by atoms with Gasteiger partial charge in [-0.05, 0) is 41.0 Å². The molecular weight excluding hydrogens is 345 g/mol. The van der Waals surface area contributed by atoms with Crippen molar-refractivity contribution in [2.45, 2.75) is 32.2 Å². The minimum atomic E-state index is -4.40. The van der Waals surface area contributed by atoms with E-state index in [0.717, 1.165) is 23.3 Å². The van der Waals surface area contributed by atoms with E-state index >= 15 is 0 Å². The molecule has 5 nitrogen and oxygen atoms in total. The highest BCUT2D eigenvalue weighted by Gasteiger charge is 2.30. The molecule has 0 fully saturated rings. The van der Waals surface area contributed by atoms with E-state index in [4.69, 9.17) is 0 Å². The van der Waals surface area contributed by atoms with Gasteiger partial charge in [0.05, 0.1) is 12.1 Å². The fourth-order valence-electron chi connectivity index (χ4n) is 2.56. The minimum absolute atomic E-state index is 0.00609. The van der Waals surface area contributed by atoms with Gasteiger partial charge in [0, 0.05) is 6.42 Å². The van der Waals surface area contributed by atoms with Crippen LogP contribution in [0.1, 0.15) is 34.2 Å². The van der Waals surface area contributed by atoms with Gasteiger partial charge in [-0.15, -0.1) is 10.2 Å². The van der Waals surface area contributed by atoms with Gasteiger partial charge in [-0.1, -0.05) is 36.4 Å².